The van der Waals surface area contributed by atoms with Crippen LogP contribution in [0.1, 0.15) is 38.3 Å². The standard InChI is InChI=1S/C29H25N3O6/c1-38-24(33)19-31-27(36)29(20-11-4-2-5-12-20,21-13-6-3-7-14-21)32(28(31)37)18-10-17-30-25(34)22-15-8-9-16-23(22)26(30)35/h2-9,11-16H,10,17-19H2,1H3. The Morgan fingerprint density at radius 3 is 1.71 bits per heavy atom. The molecule has 0 N–H and O–H groups in total. The highest BCUT2D eigenvalue weighted by Crippen LogP contribution is 2.43. The summed E-state index contributed by atoms with van der Waals surface area (Å²) in [5.74, 6) is -2.08. The molecular weight excluding hydrogens is 486 g/mol. The van der Waals surface area contributed by atoms with Crippen molar-refractivity contribution in [2.45, 2.75) is 12.0 Å². The summed E-state index contributed by atoms with van der Waals surface area (Å²) in [5.41, 5.74) is 0.250. The first-order chi connectivity index (χ1) is 18.4. The molecule has 0 saturated carbocycles. The fraction of sp³-hybridized carbons (Fsp3) is 0.207. The number of carbonyl (C=O) groups is 5. The highest BCUT2D eigenvalue weighted by molar-refractivity contribution is 6.21. The van der Waals surface area contributed by atoms with Gasteiger partial charge in [0.2, 0.25) is 0 Å². The van der Waals surface area contributed by atoms with Gasteiger partial charge >= 0.3 is 12.0 Å². The van der Waals surface area contributed by atoms with E-state index < -0.39 is 30.0 Å². The smallest absolute Gasteiger partial charge is 0.328 e. The van der Waals surface area contributed by atoms with Crippen LogP contribution in [-0.4, -0.2) is 71.2 Å². The Bertz CT molecular complexity index is 1350. The van der Waals surface area contributed by atoms with Crippen LogP contribution in [0.2, 0.25) is 0 Å². The Kier molecular flexibility index (Phi) is 6.50. The molecule has 2 heterocycles. The number of ether oxygens (including phenoxy) is 1. The quantitative estimate of drug-likeness (QED) is 0.262. The van der Waals surface area contributed by atoms with E-state index >= 15 is 0 Å². The second-order valence-electron chi connectivity index (χ2n) is 9.01. The third kappa shape index (κ3) is 3.83. The minimum Gasteiger partial charge on any atom is -0.468 e. The summed E-state index contributed by atoms with van der Waals surface area (Å²) < 4.78 is 4.74. The van der Waals surface area contributed by atoms with E-state index in [9.17, 15) is 24.0 Å². The van der Waals surface area contributed by atoms with Gasteiger partial charge in [0.25, 0.3) is 17.7 Å². The average Bonchev–Trinajstić information content (AvgIpc) is 3.32. The zero-order chi connectivity index (χ0) is 26.9. The van der Waals surface area contributed by atoms with Crippen LogP contribution in [-0.2, 0) is 19.9 Å². The summed E-state index contributed by atoms with van der Waals surface area (Å²) in [6.45, 7) is -0.440. The van der Waals surface area contributed by atoms with Crippen LogP contribution in [0.5, 0.6) is 0 Å². The molecule has 2 aliphatic rings. The van der Waals surface area contributed by atoms with Crippen molar-refractivity contribution in [3.8, 4) is 0 Å². The average molecular weight is 512 g/mol. The van der Waals surface area contributed by atoms with E-state index in [0.29, 0.717) is 22.3 Å². The molecule has 0 aromatic heterocycles. The van der Waals surface area contributed by atoms with Gasteiger partial charge in [-0.15, -0.1) is 0 Å². The van der Waals surface area contributed by atoms with Crippen molar-refractivity contribution in [3.63, 3.8) is 0 Å². The van der Waals surface area contributed by atoms with Crippen LogP contribution >= 0.6 is 0 Å². The molecule has 5 rings (SSSR count). The third-order valence-electron chi connectivity index (χ3n) is 6.96. The van der Waals surface area contributed by atoms with E-state index in [4.69, 9.17) is 4.74 Å². The van der Waals surface area contributed by atoms with Gasteiger partial charge in [0.15, 0.2) is 5.54 Å². The first-order valence-corrected chi connectivity index (χ1v) is 12.2. The number of imide groups is 2. The summed E-state index contributed by atoms with van der Waals surface area (Å²) >= 11 is 0. The van der Waals surface area contributed by atoms with Crippen molar-refractivity contribution in [1.82, 2.24) is 14.7 Å². The first kappa shape index (κ1) is 24.9. The van der Waals surface area contributed by atoms with E-state index in [0.717, 1.165) is 9.80 Å². The lowest BCUT2D eigenvalue weighted by atomic mass is 9.81. The first-order valence-electron chi connectivity index (χ1n) is 12.2. The van der Waals surface area contributed by atoms with Gasteiger partial charge in [-0.3, -0.25) is 29.0 Å². The van der Waals surface area contributed by atoms with E-state index in [1.165, 1.54) is 12.0 Å². The number of hydrogen-bond donors (Lipinski definition) is 0. The van der Waals surface area contributed by atoms with Gasteiger partial charge in [-0.1, -0.05) is 72.8 Å². The van der Waals surface area contributed by atoms with Gasteiger partial charge in [0, 0.05) is 13.1 Å². The maximum absolute atomic E-state index is 14.1. The van der Waals surface area contributed by atoms with Crippen LogP contribution in [0.3, 0.4) is 0 Å². The maximum Gasteiger partial charge on any atom is 0.328 e. The van der Waals surface area contributed by atoms with Crippen LogP contribution in [0, 0.1) is 0 Å². The zero-order valence-electron chi connectivity index (χ0n) is 20.7. The van der Waals surface area contributed by atoms with Gasteiger partial charge in [-0.2, -0.15) is 0 Å². The van der Waals surface area contributed by atoms with Crippen LogP contribution < -0.4 is 0 Å². The number of rotatable bonds is 8. The molecule has 3 aromatic carbocycles. The highest BCUT2D eigenvalue weighted by atomic mass is 16.5. The molecule has 3 aromatic rings. The number of fused-ring (bicyclic) bond motifs is 1. The summed E-state index contributed by atoms with van der Waals surface area (Å²) in [6, 6.07) is 23.7. The minimum absolute atomic E-state index is 0.0411. The van der Waals surface area contributed by atoms with Gasteiger partial charge < -0.3 is 9.64 Å². The van der Waals surface area contributed by atoms with E-state index in [-0.39, 0.29) is 31.3 Å². The molecule has 192 valence electrons. The molecule has 38 heavy (non-hydrogen) atoms. The topological polar surface area (TPSA) is 104 Å². The number of benzene rings is 3. The third-order valence-corrected chi connectivity index (χ3v) is 6.96. The summed E-state index contributed by atoms with van der Waals surface area (Å²) in [5, 5.41) is 0. The maximum atomic E-state index is 14.1. The number of esters is 1. The number of methoxy groups -OCH3 is 1. The molecule has 0 aliphatic carbocycles. The predicted molar refractivity (Wildman–Crippen MR) is 136 cm³/mol. The van der Waals surface area contributed by atoms with Gasteiger partial charge in [-0.25, -0.2) is 4.79 Å². The molecule has 0 bridgehead atoms. The molecule has 0 atom stereocenters. The number of amides is 5. The Morgan fingerprint density at radius 1 is 0.711 bits per heavy atom. The molecule has 0 unspecified atom stereocenters. The summed E-state index contributed by atoms with van der Waals surface area (Å²) in [7, 11) is 1.19. The summed E-state index contributed by atoms with van der Waals surface area (Å²) in [6.07, 6.45) is 0.220. The predicted octanol–water partition coefficient (Wildman–Crippen LogP) is 3.05. The van der Waals surface area contributed by atoms with E-state index in [1.807, 2.05) is 12.1 Å². The molecule has 1 fully saturated rings. The van der Waals surface area contributed by atoms with Gasteiger partial charge in [0.05, 0.1) is 18.2 Å². The molecule has 0 radical (unpaired) electrons. The lowest BCUT2D eigenvalue weighted by Gasteiger charge is -2.36. The van der Waals surface area contributed by atoms with Crippen molar-refractivity contribution in [2.24, 2.45) is 0 Å². The molecule has 0 spiro atoms. The molecule has 2 aliphatic heterocycles. The molecule has 9 heteroatoms. The van der Waals surface area contributed by atoms with E-state index in [1.54, 1.807) is 72.8 Å². The second-order valence-corrected chi connectivity index (χ2v) is 9.01. The van der Waals surface area contributed by atoms with Crippen molar-refractivity contribution < 1.29 is 28.7 Å². The van der Waals surface area contributed by atoms with Crippen LogP contribution in [0.25, 0.3) is 0 Å². The normalized spacial score (nSPS) is 16.3. The zero-order valence-corrected chi connectivity index (χ0v) is 20.7. The molecule has 9 nitrogen and oxygen atoms in total. The van der Waals surface area contributed by atoms with E-state index in [2.05, 4.69) is 0 Å². The Hall–Kier alpha value is -4.79. The fourth-order valence-electron chi connectivity index (χ4n) is 5.20. The SMILES string of the molecule is COC(=O)CN1C(=O)N(CCCN2C(=O)c3ccccc3C2=O)C(c2ccccc2)(c2ccccc2)C1=O. The second kappa shape index (κ2) is 9.93. The van der Waals surface area contributed by atoms with Crippen LogP contribution in [0.15, 0.2) is 84.9 Å². The van der Waals surface area contributed by atoms with Gasteiger partial charge in [0.1, 0.15) is 6.54 Å². The van der Waals surface area contributed by atoms with Crippen molar-refractivity contribution >= 4 is 29.7 Å². The lowest BCUT2D eigenvalue weighted by molar-refractivity contribution is -0.145. The molecular formula is C29H25N3O6. The Morgan fingerprint density at radius 2 is 1.21 bits per heavy atom. The molecule has 5 amide bonds. The number of carbonyl (C=O) groups excluding carboxylic acids is 5. The number of urea groups is 1. The molecule has 1 saturated heterocycles. The largest absolute Gasteiger partial charge is 0.468 e. The lowest BCUT2D eigenvalue weighted by Crippen LogP contribution is -2.49. The minimum atomic E-state index is -1.55. The fourth-order valence-corrected chi connectivity index (χ4v) is 5.20. The van der Waals surface area contributed by atoms with Gasteiger partial charge in [-0.05, 0) is 29.7 Å². The van der Waals surface area contributed by atoms with Crippen LogP contribution in [0.4, 0.5) is 4.79 Å². The highest BCUT2D eigenvalue weighted by Gasteiger charge is 2.59. The Balaban J connectivity index is 1.51. The number of nitrogens with zero attached hydrogens (tertiary/aromatic N) is 3. The Labute approximate surface area is 219 Å². The van der Waals surface area contributed by atoms with Crippen molar-refractivity contribution in [3.05, 3.63) is 107 Å². The summed E-state index contributed by atoms with van der Waals surface area (Å²) in [4.78, 5) is 69.1. The van der Waals surface area contributed by atoms with Crippen molar-refractivity contribution in [1.29, 1.82) is 0 Å². The van der Waals surface area contributed by atoms with Crippen molar-refractivity contribution in [2.75, 3.05) is 26.7 Å². The number of hydrogen-bond acceptors (Lipinski definition) is 6. The monoisotopic (exact) mass is 511 g/mol.